The third kappa shape index (κ3) is 5.44. The SMILES string of the molecule is COCCN(C)S(=O)(=O)NC1CCN([C@@H]2CC(=O)N(Cc3ccccc3)C2=O)CC1. The van der Waals surface area contributed by atoms with E-state index in [0.717, 1.165) is 5.56 Å². The molecule has 0 saturated carbocycles. The number of amides is 2. The van der Waals surface area contributed by atoms with Crippen LogP contribution in [-0.2, 0) is 31.1 Å². The number of rotatable bonds is 9. The van der Waals surface area contributed by atoms with Gasteiger partial charge in [-0.1, -0.05) is 30.3 Å². The molecular weight excluding hydrogens is 408 g/mol. The fraction of sp³-hybridized carbons (Fsp3) is 0.600. The number of methoxy groups -OCH3 is 1. The Morgan fingerprint density at radius 2 is 1.83 bits per heavy atom. The molecule has 2 heterocycles. The van der Waals surface area contributed by atoms with Gasteiger partial charge in [0.2, 0.25) is 11.8 Å². The van der Waals surface area contributed by atoms with E-state index in [9.17, 15) is 18.0 Å². The van der Waals surface area contributed by atoms with Gasteiger partial charge in [0, 0.05) is 39.8 Å². The lowest BCUT2D eigenvalue weighted by molar-refractivity contribution is -0.140. The van der Waals surface area contributed by atoms with Gasteiger partial charge in [-0.15, -0.1) is 0 Å². The molecule has 0 spiro atoms. The van der Waals surface area contributed by atoms with Crippen molar-refractivity contribution in [3.63, 3.8) is 0 Å². The van der Waals surface area contributed by atoms with Crippen LogP contribution >= 0.6 is 0 Å². The number of imide groups is 1. The number of benzene rings is 1. The number of hydrogen-bond donors (Lipinski definition) is 1. The third-order valence-corrected chi connectivity index (χ3v) is 7.34. The molecule has 2 aliphatic rings. The Balaban J connectivity index is 1.52. The summed E-state index contributed by atoms with van der Waals surface area (Å²) < 4.78 is 33.7. The number of carbonyl (C=O) groups excluding carboxylic acids is 2. The van der Waals surface area contributed by atoms with E-state index in [2.05, 4.69) is 4.72 Å². The summed E-state index contributed by atoms with van der Waals surface area (Å²) in [4.78, 5) is 28.6. The zero-order valence-corrected chi connectivity index (χ0v) is 18.3. The number of ether oxygens (including phenoxy) is 1. The molecule has 1 aromatic carbocycles. The van der Waals surface area contributed by atoms with E-state index in [0.29, 0.717) is 39.1 Å². The van der Waals surface area contributed by atoms with Gasteiger partial charge in [-0.25, -0.2) is 0 Å². The zero-order valence-electron chi connectivity index (χ0n) is 17.5. The van der Waals surface area contributed by atoms with Gasteiger partial charge >= 0.3 is 0 Å². The van der Waals surface area contributed by atoms with Crippen LogP contribution in [0.1, 0.15) is 24.8 Å². The summed E-state index contributed by atoms with van der Waals surface area (Å²) in [5, 5.41) is 0. The highest BCUT2D eigenvalue weighted by molar-refractivity contribution is 7.87. The van der Waals surface area contributed by atoms with Crippen LogP contribution in [0.25, 0.3) is 0 Å². The van der Waals surface area contributed by atoms with E-state index in [4.69, 9.17) is 4.74 Å². The Kier molecular flexibility index (Phi) is 7.59. The maximum atomic E-state index is 12.9. The second-order valence-corrected chi connectivity index (χ2v) is 9.58. The Labute approximate surface area is 178 Å². The number of likely N-dealkylation sites (N-methyl/N-ethyl adjacent to an activating group) is 1. The van der Waals surface area contributed by atoms with Gasteiger partial charge in [0.05, 0.1) is 25.6 Å². The smallest absolute Gasteiger partial charge is 0.279 e. The highest BCUT2D eigenvalue weighted by atomic mass is 32.2. The second kappa shape index (κ2) is 9.97. The van der Waals surface area contributed by atoms with Crippen molar-refractivity contribution in [2.75, 3.05) is 40.4 Å². The van der Waals surface area contributed by atoms with E-state index in [-0.39, 0.29) is 30.8 Å². The highest BCUT2D eigenvalue weighted by Crippen LogP contribution is 2.24. The van der Waals surface area contributed by atoms with Crippen LogP contribution in [0.4, 0.5) is 0 Å². The molecule has 9 nitrogen and oxygen atoms in total. The molecule has 0 aromatic heterocycles. The van der Waals surface area contributed by atoms with Crippen molar-refractivity contribution < 1.29 is 22.7 Å². The van der Waals surface area contributed by atoms with Crippen molar-refractivity contribution in [2.45, 2.75) is 37.9 Å². The molecule has 10 heteroatoms. The van der Waals surface area contributed by atoms with Crippen molar-refractivity contribution in [3.05, 3.63) is 35.9 Å². The monoisotopic (exact) mass is 438 g/mol. The van der Waals surface area contributed by atoms with E-state index in [1.54, 1.807) is 0 Å². The summed E-state index contributed by atoms with van der Waals surface area (Å²) in [7, 11) is -0.534. The molecule has 0 unspecified atom stereocenters. The maximum Gasteiger partial charge on any atom is 0.279 e. The molecule has 30 heavy (non-hydrogen) atoms. The minimum Gasteiger partial charge on any atom is -0.383 e. The largest absolute Gasteiger partial charge is 0.383 e. The van der Waals surface area contributed by atoms with Crippen molar-refractivity contribution in [1.82, 2.24) is 18.8 Å². The predicted octanol–water partition coefficient (Wildman–Crippen LogP) is 0.191. The Hall–Kier alpha value is -1.85. The summed E-state index contributed by atoms with van der Waals surface area (Å²) in [6.07, 6.45) is 1.36. The van der Waals surface area contributed by atoms with Gasteiger partial charge in [-0.2, -0.15) is 17.4 Å². The normalized spacial score (nSPS) is 21.7. The molecule has 3 rings (SSSR count). The Morgan fingerprint density at radius 3 is 2.47 bits per heavy atom. The summed E-state index contributed by atoms with van der Waals surface area (Å²) in [6.45, 7) is 2.03. The van der Waals surface area contributed by atoms with Crippen LogP contribution in [0.3, 0.4) is 0 Å². The third-order valence-electron chi connectivity index (χ3n) is 5.71. The first-order chi connectivity index (χ1) is 14.3. The van der Waals surface area contributed by atoms with E-state index in [1.165, 1.54) is 23.4 Å². The minimum atomic E-state index is -3.58. The fourth-order valence-electron chi connectivity index (χ4n) is 3.85. The molecule has 2 fully saturated rings. The number of nitrogens with one attached hydrogen (secondary N) is 1. The molecule has 166 valence electrons. The average molecular weight is 439 g/mol. The fourth-order valence-corrected chi connectivity index (χ4v) is 5.00. The van der Waals surface area contributed by atoms with Gasteiger partial charge < -0.3 is 4.74 Å². The molecule has 1 N–H and O–H groups in total. The first-order valence-electron chi connectivity index (χ1n) is 10.2. The number of piperidine rings is 1. The van der Waals surface area contributed by atoms with E-state index >= 15 is 0 Å². The van der Waals surface area contributed by atoms with E-state index in [1.807, 2.05) is 35.2 Å². The molecule has 1 aromatic rings. The number of nitrogens with zero attached hydrogens (tertiary/aromatic N) is 3. The summed E-state index contributed by atoms with van der Waals surface area (Å²) >= 11 is 0. The van der Waals surface area contributed by atoms with Crippen LogP contribution < -0.4 is 4.72 Å². The lowest BCUT2D eigenvalue weighted by atomic mass is 10.0. The Morgan fingerprint density at radius 1 is 1.17 bits per heavy atom. The van der Waals surface area contributed by atoms with Crippen LogP contribution in [-0.4, -0.2) is 86.8 Å². The molecule has 2 aliphatic heterocycles. The summed E-state index contributed by atoms with van der Waals surface area (Å²) in [6, 6.07) is 8.82. The Bertz CT molecular complexity index is 840. The van der Waals surface area contributed by atoms with Crippen molar-refractivity contribution in [3.8, 4) is 0 Å². The van der Waals surface area contributed by atoms with Gasteiger partial charge in [-0.05, 0) is 18.4 Å². The molecule has 2 amide bonds. The standard InChI is InChI=1S/C20H30N4O5S/c1-22(12-13-29-2)30(27,28)21-17-8-10-23(11-9-17)18-14-19(25)24(20(18)26)15-16-6-4-3-5-7-16/h3-7,17-18,21H,8-15H2,1-2H3/t18-/m1/s1. The van der Waals surface area contributed by atoms with Crippen LogP contribution in [0.5, 0.6) is 0 Å². The quantitative estimate of drug-likeness (QED) is 0.553. The first kappa shape index (κ1) is 22.8. The molecule has 0 radical (unpaired) electrons. The second-order valence-electron chi connectivity index (χ2n) is 7.77. The van der Waals surface area contributed by atoms with Crippen LogP contribution in [0.15, 0.2) is 30.3 Å². The van der Waals surface area contributed by atoms with Gasteiger partial charge in [-0.3, -0.25) is 19.4 Å². The van der Waals surface area contributed by atoms with Crippen molar-refractivity contribution >= 4 is 22.0 Å². The van der Waals surface area contributed by atoms with Crippen molar-refractivity contribution in [1.29, 1.82) is 0 Å². The van der Waals surface area contributed by atoms with Gasteiger partial charge in [0.1, 0.15) is 0 Å². The van der Waals surface area contributed by atoms with Crippen LogP contribution in [0.2, 0.25) is 0 Å². The molecule has 2 saturated heterocycles. The highest BCUT2D eigenvalue weighted by Gasteiger charge is 2.42. The zero-order chi connectivity index (χ0) is 21.7. The van der Waals surface area contributed by atoms with E-state index < -0.39 is 16.3 Å². The van der Waals surface area contributed by atoms with Crippen molar-refractivity contribution in [2.24, 2.45) is 0 Å². The number of carbonyl (C=O) groups is 2. The first-order valence-corrected chi connectivity index (χ1v) is 11.6. The number of hydrogen-bond acceptors (Lipinski definition) is 6. The maximum absolute atomic E-state index is 12.9. The molecule has 0 aliphatic carbocycles. The van der Waals surface area contributed by atoms with Gasteiger partial charge in [0.25, 0.3) is 10.2 Å². The van der Waals surface area contributed by atoms with Gasteiger partial charge in [0.15, 0.2) is 0 Å². The lowest BCUT2D eigenvalue weighted by Crippen LogP contribution is -2.52. The van der Waals surface area contributed by atoms with Crippen LogP contribution in [0, 0.1) is 0 Å². The summed E-state index contributed by atoms with van der Waals surface area (Å²) in [5.74, 6) is -0.321. The average Bonchev–Trinajstić information content (AvgIpc) is 3.01. The lowest BCUT2D eigenvalue weighted by Gasteiger charge is -2.35. The molecule has 1 atom stereocenters. The molecule has 0 bridgehead atoms. The molecular formula is C20H30N4O5S. The number of likely N-dealkylation sites (tertiary alicyclic amines) is 2. The topological polar surface area (TPSA) is 99.3 Å². The predicted molar refractivity (Wildman–Crippen MR) is 112 cm³/mol. The minimum absolute atomic E-state index is 0.156. The summed E-state index contributed by atoms with van der Waals surface area (Å²) in [5.41, 5.74) is 0.922.